The molecule has 0 spiro atoms. The molecule has 1 aliphatic carbocycles. The molecule has 0 amide bonds. The van der Waals surface area contributed by atoms with Crippen molar-refractivity contribution in [3.8, 4) is 0 Å². The first-order chi connectivity index (χ1) is 7.57. The van der Waals surface area contributed by atoms with E-state index in [9.17, 15) is 9.90 Å². The first-order valence-electron chi connectivity index (χ1n) is 6.55. The maximum Gasteiger partial charge on any atom is 0.309 e. The smallest absolute Gasteiger partial charge is 0.309 e. The van der Waals surface area contributed by atoms with Gasteiger partial charge in [-0.1, -0.05) is 13.8 Å². The summed E-state index contributed by atoms with van der Waals surface area (Å²) in [4.78, 5) is 13.8. The van der Waals surface area contributed by atoms with Crippen molar-refractivity contribution >= 4 is 5.97 Å². The van der Waals surface area contributed by atoms with E-state index in [-0.39, 0.29) is 0 Å². The topological polar surface area (TPSA) is 40.5 Å². The monoisotopic (exact) mass is 225 g/mol. The average molecular weight is 225 g/mol. The average Bonchev–Trinajstić information content (AvgIpc) is 2.25. The summed E-state index contributed by atoms with van der Waals surface area (Å²) in [5.74, 6) is 0.291. The zero-order valence-electron chi connectivity index (χ0n) is 10.4. The van der Waals surface area contributed by atoms with Crippen LogP contribution in [-0.2, 0) is 4.79 Å². The number of rotatable bonds is 3. The van der Waals surface area contributed by atoms with Crippen LogP contribution in [0.1, 0.15) is 46.0 Å². The highest BCUT2D eigenvalue weighted by molar-refractivity contribution is 5.74. The number of likely N-dealkylation sites (tertiary alicyclic amines) is 1. The van der Waals surface area contributed by atoms with E-state index in [0.29, 0.717) is 0 Å². The van der Waals surface area contributed by atoms with E-state index in [4.69, 9.17) is 0 Å². The third-order valence-corrected chi connectivity index (χ3v) is 4.75. The molecule has 1 saturated heterocycles. The van der Waals surface area contributed by atoms with Gasteiger partial charge in [-0.25, -0.2) is 0 Å². The lowest BCUT2D eigenvalue weighted by Crippen LogP contribution is -2.51. The molecule has 2 fully saturated rings. The molecule has 3 nitrogen and oxygen atoms in total. The Morgan fingerprint density at radius 3 is 2.31 bits per heavy atom. The molecule has 0 bridgehead atoms. The Labute approximate surface area is 97.8 Å². The Morgan fingerprint density at radius 1 is 1.38 bits per heavy atom. The van der Waals surface area contributed by atoms with Crippen LogP contribution >= 0.6 is 0 Å². The predicted molar refractivity (Wildman–Crippen MR) is 63.4 cm³/mol. The summed E-state index contributed by atoms with van der Waals surface area (Å²) in [6.07, 6.45) is 5.07. The molecule has 1 saturated carbocycles. The third kappa shape index (κ3) is 1.97. The lowest BCUT2D eigenvalue weighted by Gasteiger charge is -2.47. The van der Waals surface area contributed by atoms with E-state index >= 15 is 0 Å². The molecule has 2 aliphatic rings. The van der Waals surface area contributed by atoms with E-state index in [2.05, 4.69) is 11.8 Å². The number of carboxylic acids is 1. The van der Waals surface area contributed by atoms with Crippen molar-refractivity contribution in [3.63, 3.8) is 0 Å². The lowest BCUT2D eigenvalue weighted by atomic mass is 9.74. The molecule has 92 valence electrons. The Morgan fingerprint density at radius 2 is 1.94 bits per heavy atom. The summed E-state index contributed by atoms with van der Waals surface area (Å²) in [6.45, 7) is 6.28. The van der Waals surface area contributed by atoms with Gasteiger partial charge < -0.3 is 10.0 Å². The number of nitrogens with zero attached hydrogens (tertiary/aromatic N) is 1. The summed E-state index contributed by atoms with van der Waals surface area (Å²) in [6, 6.07) is 0.749. The quantitative estimate of drug-likeness (QED) is 0.801. The van der Waals surface area contributed by atoms with Crippen LogP contribution in [0, 0.1) is 11.3 Å². The summed E-state index contributed by atoms with van der Waals surface area (Å²) >= 11 is 0. The minimum absolute atomic E-state index is 0.425. The number of aliphatic carboxylic acids is 1. The maximum absolute atomic E-state index is 11.3. The molecule has 1 N–H and O–H groups in total. The molecule has 0 aromatic carbocycles. The van der Waals surface area contributed by atoms with Gasteiger partial charge in [0.15, 0.2) is 0 Å². The van der Waals surface area contributed by atoms with E-state index in [1.165, 1.54) is 12.8 Å². The number of hydrogen-bond acceptors (Lipinski definition) is 2. The summed E-state index contributed by atoms with van der Waals surface area (Å²) in [5.41, 5.74) is -0.425. The molecule has 0 unspecified atom stereocenters. The maximum atomic E-state index is 11.3. The second kappa shape index (κ2) is 4.36. The SMILES string of the molecule is CCC1(C(=O)O)CCN(C2CC(C)C2)CC1. The Kier molecular flexibility index (Phi) is 3.24. The van der Waals surface area contributed by atoms with Gasteiger partial charge in [0.1, 0.15) is 0 Å². The zero-order valence-corrected chi connectivity index (χ0v) is 10.4. The van der Waals surface area contributed by atoms with Gasteiger partial charge in [0.05, 0.1) is 5.41 Å². The molecular formula is C13H23NO2. The van der Waals surface area contributed by atoms with Crippen LogP contribution in [0.5, 0.6) is 0 Å². The highest BCUT2D eigenvalue weighted by Gasteiger charge is 2.42. The molecule has 16 heavy (non-hydrogen) atoms. The third-order valence-electron chi connectivity index (χ3n) is 4.75. The van der Waals surface area contributed by atoms with Crippen LogP contribution in [0.4, 0.5) is 0 Å². The van der Waals surface area contributed by atoms with Crippen LogP contribution in [0.25, 0.3) is 0 Å². The van der Waals surface area contributed by atoms with E-state index in [1.807, 2.05) is 6.92 Å². The second-order valence-electron chi connectivity index (χ2n) is 5.71. The molecule has 3 heteroatoms. The van der Waals surface area contributed by atoms with Gasteiger partial charge in [-0.3, -0.25) is 4.79 Å². The summed E-state index contributed by atoms with van der Waals surface area (Å²) in [5, 5.41) is 9.31. The Balaban J connectivity index is 1.88. The van der Waals surface area contributed by atoms with Gasteiger partial charge in [0.25, 0.3) is 0 Å². The number of carboxylic acid groups (broad SMARTS) is 1. The Bertz CT molecular complexity index is 263. The van der Waals surface area contributed by atoms with Gasteiger partial charge in [0, 0.05) is 6.04 Å². The van der Waals surface area contributed by atoms with Crippen molar-refractivity contribution < 1.29 is 9.90 Å². The van der Waals surface area contributed by atoms with Gasteiger partial charge in [-0.05, 0) is 51.1 Å². The van der Waals surface area contributed by atoms with E-state index in [0.717, 1.165) is 44.3 Å². The molecule has 1 aliphatic heterocycles. The minimum Gasteiger partial charge on any atom is -0.481 e. The van der Waals surface area contributed by atoms with Crippen molar-refractivity contribution in [1.29, 1.82) is 0 Å². The van der Waals surface area contributed by atoms with Crippen molar-refractivity contribution in [2.45, 2.75) is 52.0 Å². The highest BCUT2D eigenvalue weighted by Crippen LogP contribution is 2.39. The van der Waals surface area contributed by atoms with Crippen LogP contribution in [0.15, 0.2) is 0 Å². The molecular weight excluding hydrogens is 202 g/mol. The fourth-order valence-corrected chi connectivity index (χ4v) is 3.19. The zero-order chi connectivity index (χ0) is 11.8. The highest BCUT2D eigenvalue weighted by atomic mass is 16.4. The van der Waals surface area contributed by atoms with Crippen molar-refractivity contribution in [2.24, 2.45) is 11.3 Å². The molecule has 0 radical (unpaired) electrons. The molecule has 2 rings (SSSR count). The molecule has 1 heterocycles. The van der Waals surface area contributed by atoms with Crippen molar-refractivity contribution in [2.75, 3.05) is 13.1 Å². The minimum atomic E-state index is -0.586. The first-order valence-corrected chi connectivity index (χ1v) is 6.55. The van der Waals surface area contributed by atoms with Gasteiger partial charge in [0.2, 0.25) is 0 Å². The second-order valence-corrected chi connectivity index (χ2v) is 5.71. The summed E-state index contributed by atoms with van der Waals surface area (Å²) in [7, 11) is 0. The predicted octanol–water partition coefficient (Wildman–Crippen LogP) is 2.36. The normalized spacial score (nSPS) is 34.4. The summed E-state index contributed by atoms with van der Waals surface area (Å²) < 4.78 is 0. The largest absolute Gasteiger partial charge is 0.481 e. The standard InChI is InChI=1S/C13H23NO2/c1-3-13(12(15)16)4-6-14(7-5-13)11-8-10(2)9-11/h10-11H,3-9H2,1-2H3,(H,15,16). The van der Waals surface area contributed by atoms with Crippen molar-refractivity contribution in [1.82, 2.24) is 4.90 Å². The fourth-order valence-electron chi connectivity index (χ4n) is 3.19. The van der Waals surface area contributed by atoms with Gasteiger partial charge in [-0.15, -0.1) is 0 Å². The van der Waals surface area contributed by atoms with Gasteiger partial charge >= 0.3 is 5.97 Å². The lowest BCUT2D eigenvalue weighted by molar-refractivity contribution is -0.153. The van der Waals surface area contributed by atoms with Gasteiger partial charge in [-0.2, -0.15) is 0 Å². The van der Waals surface area contributed by atoms with Crippen LogP contribution in [0.2, 0.25) is 0 Å². The number of piperidine rings is 1. The van der Waals surface area contributed by atoms with E-state index < -0.39 is 11.4 Å². The molecule has 0 aromatic rings. The number of hydrogen-bond donors (Lipinski definition) is 1. The molecule has 0 atom stereocenters. The first kappa shape index (κ1) is 11.9. The van der Waals surface area contributed by atoms with Crippen LogP contribution in [-0.4, -0.2) is 35.1 Å². The van der Waals surface area contributed by atoms with Crippen LogP contribution in [0.3, 0.4) is 0 Å². The number of carbonyl (C=O) groups is 1. The molecule has 0 aromatic heterocycles. The van der Waals surface area contributed by atoms with Crippen molar-refractivity contribution in [3.05, 3.63) is 0 Å². The Hall–Kier alpha value is -0.570. The van der Waals surface area contributed by atoms with E-state index in [1.54, 1.807) is 0 Å². The fraction of sp³-hybridized carbons (Fsp3) is 0.923. The van der Waals surface area contributed by atoms with Crippen LogP contribution < -0.4 is 0 Å².